The fourth-order valence-corrected chi connectivity index (χ4v) is 2.55. The van der Waals surface area contributed by atoms with Crippen molar-refractivity contribution >= 4 is 27.0 Å². The number of H-pyrrole nitrogens is 1. The Kier molecular flexibility index (Phi) is 2.67. The molecule has 0 atom stereocenters. The first kappa shape index (κ1) is 11.4. The normalized spacial score (nSPS) is 11.1. The topological polar surface area (TPSA) is 28.7 Å². The summed E-state index contributed by atoms with van der Waals surface area (Å²) in [5.41, 5.74) is 3.33. The first-order chi connectivity index (χ1) is 8.66. The molecule has 18 heavy (non-hydrogen) atoms. The Hall–Kier alpha value is -1.68. The van der Waals surface area contributed by atoms with Crippen LogP contribution < -0.4 is 0 Å². The summed E-state index contributed by atoms with van der Waals surface area (Å²) in [5.74, 6) is 0.255. The summed E-state index contributed by atoms with van der Waals surface area (Å²) in [7, 11) is 0. The number of halogens is 2. The molecular formula is C14H10BrFN2. The molecule has 3 rings (SSSR count). The molecule has 0 bridgehead atoms. The van der Waals surface area contributed by atoms with Crippen LogP contribution in [0.15, 0.2) is 40.9 Å². The number of aromatic nitrogens is 2. The van der Waals surface area contributed by atoms with Gasteiger partial charge in [0.2, 0.25) is 0 Å². The van der Waals surface area contributed by atoms with E-state index in [1.54, 1.807) is 12.1 Å². The van der Waals surface area contributed by atoms with E-state index in [4.69, 9.17) is 0 Å². The summed E-state index contributed by atoms with van der Waals surface area (Å²) in [4.78, 5) is 7.63. The molecule has 2 nitrogen and oxygen atoms in total. The van der Waals surface area contributed by atoms with Crippen molar-refractivity contribution in [3.05, 3.63) is 52.3 Å². The van der Waals surface area contributed by atoms with E-state index in [1.807, 2.05) is 25.1 Å². The summed E-state index contributed by atoms with van der Waals surface area (Å²) in [6.45, 7) is 1.99. The zero-order valence-corrected chi connectivity index (χ0v) is 11.3. The number of benzene rings is 2. The molecule has 2 aromatic carbocycles. The highest BCUT2D eigenvalue weighted by Crippen LogP contribution is 2.30. The predicted molar refractivity (Wildman–Crippen MR) is 73.9 cm³/mol. The monoisotopic (exact) mass is 304 g/mol. The Morgan fingerprint density at radius 2 is 1.94 bits per heavy atom. The summed E-state index contributed by atoms with van der Waals surface area (Å²) >= 11 is 3.36. The number of nitrogens with one attached hydrogen (secondary N) is 1. The van der Waals surface area contributed by atoms with Crippen molar-refractivity contribution in [3.8, 4) is 11.4 Å². The maximum absolute atomic E-state index is 13.9. The number of para-hydroxylation sites is 1. The Morgan fingerprint density at radius 1 is 1.17 bits per heavy atom. The highest BCUT2D eigenvalue weighted by molar-refractivity contribution is 9.10. The molecule has 4 heteroatoms. The van der Waals surface area contributed by atoms with Crippen molar-refractivity contribution in [2.24, 2.45) is 0 Å². The van der Waals surface area contributed by atoms with E-state index in [0.29, 0.717) is 15.9 Å². The summed E-state index contributed by atoms with van der Waals surface area (Å²) < 4.78 is 14.6. The molecule has 1 heterocycles. The quantitative estimate of drug-likeness (QED) is 0.707. The van der Waals surface area contributed by atoms with Crippen LogP contribution in [0.25, 0.3) is 22.4 Å². The van der Waals surface area contributed by atoms with Gasteiger partial charge in [-0.25, -0.2) is 9.37 Å². The van der Waals surface area contributed by atoms with Crippen LogP contribution in [0.3, 0.4) is 0 Å². The lowest BCUT2D eigenvalue weighted by Crippen LogP contribution is -1.87. The van der Waals surface area contributed by atoms with Crippen LogP contribution in [0, 0.1) is 12.7 Å². The van der Waals surface area contributed by atoms with Gasteiger partial charge in [-0.1, -0.05) is 18.2 Å². The number of hydrogen-bond donors (Lipinski definition) is 1. The van der Waals surface area contributed by atoms with Crippen LogP contribution in [-0.4, -0.2) is 9.97 Å². The molecule has 0 unspecified atom stereocenters. The minimum absolute atomic E-state index is 0.291. The minimum atomic E-state index is -0.291. The summed E-state index contributed by atoms with van der Waals surface area (Å²) in [6.07, 6.45) is 0. The SMILES string of the molecule is Cc1cccc2[nH]c(-c3c(F)cccc3Br)nc12. The fourth-order valence-electron chi connectivity index (χ4n) is 2.02. The van der Waals surface area contributed by atoms with E-state index < -0.39 is 0 Å². The predicted octanol–water partition coefficient (Wildman–Crippen LogP) is 4.44. The van der Waals surface area contributed by atoms with Gasteiger partial charge in [-0.2, -0.15) is 0 Å². The van der Waals surface area contributed by atoms with E-state index in [2.05, 4.69) is 25.9 Å². The van der Waals surface area contributed by atoms with E-state index in [1.165, 1.54) is 6.07 Å². The lowest BCUT2D eigenvalue weighted by molar-refractivity contribution is 0.629. The minimum Gasteiger partial charge on any atom is -0.338 e. The lowest BCUT2D eigenvalue weighted by atomic mass is 10.2. The Labute approximate surface area is 112 Å². The van der Waals surface area contributed by atoms with Gasteiger partial charge in [-0.3, -0.25) is 0 Å². The molecule has 0 saturated carbocycles. The Balaban J connectivity index is 2.30. The van der Waals surface area contributed by atoms with Crippen molar-refractivity contribution in [1.29, 1.82) is 0 Å². The van der Waals surface area contributed by atoms with Crippen molar-refractivity contribution in [2.75, 3.05) is 0 Å². The van der Waals surface area contributed by atoms with Crippen LogP contribution >= 0.6 is 15.9 Å². The van der Waals surface area contributed by atoms with E-state index in [0.717, 1.165) is 16.6 Å². The van der Waals surface area contributed by atoms with Crippen molar-refractivity contribution < 1.29 is 4.39 Å². The Morgan fingerprint density at radius 3 is 2.67 bits per heavy atom. The molecule has 90 valence electrons. The molecule has 0 aliphatic rings. The molecule has 0 aliphatic heterocycles. The van der Waals surface area contributed by atoms with Crippen molar-refractivity contribution in [3.63, 3.8) is 0 Å². The highest BCUT2D eigenvalue weighted by atomic mass is 79.9. The van der Waals surface area contributed by atoms with Crippen LogP contribution in [0.2, 0.25) is 0 Å². The fraction of sp³-hybridized carbons (Fsp3) is 0.0714. The zero-order valence-electron chi connectivity index (χ0n) is 9.67. The first-order valence-corrected chi connectivity index (χ1v) is 6.36. The molecular weight excluding hydrogens is 295 g/mol. The van der Waals surface area contributed by atoms with Crippen molar-refractivity contribution in [1.82, 2.24) is 9.97 Å². The molecule has 0 aliphatic carbocycles. The van der Waals surface area contributed by atoms with Gasteiger partial charge in [0, 0.05) is 4.47 Å². The third-order valence-corrected chi connectivity index (χ3v) is 3.57. The van der Waals surface area contributed by atoms with Gasteiger partial charge in [0.05, 0.1) is 16.6 Å². The second-order valence-corrected chi connectivity index (χ2v) is 5.01. The largest absolute Gasteiger partial charge is 0.338 e. The van der Waals surface area contributed by atoms with Gasteiger partial charge in [0.1, 0.15) is 11.6 Å². The molecule has 0 fully saturated rings. The summed E-state index contributed by atoms with van der Waals surface area (Å²) in [5, 5.41) is 0. The molecule has 0 saturated heterocycles. The Bertz CT molecular complexity index is 713. The smallest absolute Gasteiger partial charge is 0.142 e. The van der Waals surface area contributed by atoms with Gasteiger partial charge in [-0.15, -0.1) is 0 Å². The molecule has 0 radical (unpaired) electrons. The summed E-state index contributed by atoms with van der Waals surface area (Å²) in [6, 6.07) is 10.8. The molecule has 3 aromatic rings. The number of imidazole rings is 1. The average Bonchev–Trinajstić information content (AvgIpc) is 2.74. The maximum Gasteiger partial charge on any atom is 0.142 e. The second-order valence-electron chi connectivity index (χ2n) is 4.15. The highest BCUT2D eigenvalue weighted by Gasteiger charge is 2.13. The van der Waals surface area contributed by atoms with Gasteiger partial charge in [0.25, 0.3) is 0 Å². The standard InChI is InChI=1S/C14H10BrFN2/c1-8-4-2-7-11-13(8)18-14(17-11)12-9(15)5-3-6-10(12)16/h2-7H,1H3,(H,17,18). The van der Waals surface area contributed by atoms with Gasteiger partial charge < -0.3 is 4.98 Å². The average molecular weight is 305 g/mol. The third kappa shape index (κ3) is 1.73. The zero-order chi connectivity index (χ0) is 12.7. The van der Waals surface area contributed by atoms with E-state index in [9.17, 15) is 4.39 Å². The van der Waals surface area contributed by atoms with Crippen molar-refractivity contribution in [2.45, 2.75) is 6.92 Å². The number of rotatable bonds is 1. The molecule has 1 aromatic heterocycles. The lowest BCUT2D eigenvalue weighted by Gasteiger charge is -2.01. The number of fused-ring (bicyclic) bond motifs is 1. The van der Waals surface area contributed by atoms with Crippen LogP contribution in [0.4, 0.5) is 4.39 Å². The molecule has 0 amide bonds. The van der Waals surface area contributed by atoms with E-state index in [-0.39, 0.29) is 5.82 Å². The van der Waals surface area contributed by atoms with Crippen LogP contribution in [0.1, 0.15) is 5.56 Å². The van der Waals surface area contributed by atoms with Crippen LogP contribution in [-0.2, 0) is 0 Å². The number of nitrogens with zero attached hydrogens (tertiary/aromatic N) is 1. The maximum atomic E-state index is 13.9. The molecule has 0 spiro atoms. The van der Waals surface area contributed by atoms with Crippen LogP contribution in [0.5, 0.6) is 0 Å². The first-order valence-electron chi connectivity index (χ1n) is 5.56. The van der Waals surface area contributed by atoms with Gasteiger partial charge >= 0.3 is 0 Å². The number of aryl methyl sites for hydroxylation is 1. The van der Waals surface area contributed by atoms with Gasteiger partial charge in [-0.05, 0) is 46.6 Å². The number of aromatic amines is 1. The van der Waals surface area contributed by atoms with E-state index >= 15 is 0 Å². The number of hydrogen-bond acceptors (Lipinski definition) is 1. The molecule has 1 N–H and O–H groups in total. The second kappa shape index (κ2) is 4.21. The van der Waals surface area contributed by atoms with Gasteiger partial charge in [0.15, 0.2) is 0 Å². The third-order valence-electron chi connectivity index (χ3n) is 2.91.